The topological polar surface area (TPSA) is 199 Å². The second kappa shape index (κ2) is 16.8. The number of aliphatic hydroxyl groups is 1. The van der Waals surface area contributed by atoms with Crippen LogP contribution in [0.1, 0.15) is 49.1 Å². The van der Waals surface area contributed by atoms with E-state index in [0.717, 1.165) is 0 Å². The van der Waals surface area contributed by atoms with Crippen molar-refractivity contribution in [3.05, 3.63) is 112 Å². The van der Waals surface area contributed by atoms with E-state index in [-0.39, 0.29) is 37.1 Å². The van der Waals surface area contributed by atoms with Gasteiger partial charge in [-0.1, -0.05) is 31.2 Å². The molecule has 7 unspecified atom stereocenters. The monoisotopic (exact) mass is 695 g/mol. The summed E-state index contributed by atoms with van der Waals surface area (Å²) in [6.45, 7) is 10.1. The third kappa shape index (κ3) is 8.93. The normalized spacial score (nSPS) is 26.6. The summed E-state index contributed by atoms with van der Waals surface area (Å²) in [5.74, 6) is -1.54. The van der Waals surface area contributed by atoms with Crippen molar-refractivity contribution >= 4 is 23.6 Å². The molecule has 262 valence electrons. The smallest absolute Gasteiger partial charge is 0.338 e. The van der Waals surface area contributed by atoms with Gasteiger partial charge in [0.1, 0.15) is 24.4 Å². The van der Waals surface area contributed by atoms with Crippen LogP contribution in [0.5, 0.6) is 0 Å². The number of fused-ring (bicyclic) bond motifs is 2. The van der Waals surface area contributed by atoms with Gasteiger partial charge in [0.05, 0.1) is 79.1 Å². The first-order valence-corrected chi connectivity index (χ1v) is 15.9. The molecule has 4 fully saturated rings. The largest absolute Gasteiger partial charge is 0.478 e. The maximum absolute atomic E-state index is 12.1. The Bertz CT molecular complexity index is 1730. The Labute approximate surface area is 293 Å². The van der Waals surface area contributed by atoms with E-state index in [1.165, 1.54) is 24.3 Å². The predicted molar refractivity (Wildman–Crippen MR) is 175 cm³/mol. The summed E-state index contributed by atoms with van der Waals surface area (Å²) in [4.78, 5) is 37.5. The number of carboxylic acid groups (broad SMARTS) is 1. The van der Waals surface area contributed by atoms with Crippen LogP contribution in [0.3, 0.4) is 0 Å². The van der Waals surface area contributed by atoms with Crippen molar-refractivity contribution < 1.29 is 53.0 Å². The SMILES string of the molecule is C[C@H]1COC2C(OC(=O)c3ccc(C#N)cc3)COC21.N#Cc1ccc(C(=O)OC2COC3C(O)COC23)cc1.[C-]#[N+]c1ccc(C(=O)O)cc1. The van der Waals surface area contributed by atoms with Crippen LogP contribution >= 0.6 is 0 Å². The fourth-order valence-electron chi connectivity index (χ4n) is 5.75. The first kappa shape index (κ1) is 36.6. The Kier molecular flexibility index (Phi) is 12.1. The molecule has 0 aromatic heterocycles. The van der Waals surface area contributed by atoms with E-state index in [1.54, 1.807) is 48.5 Å². The molecule has 0 radical (unpaired) electrons. The lowest BCUT2D eigenvalue weighted by molar-refractivity contribution is -0.0209. The van der Waals surface area contributed by atoms with E-state index >= 15 is 0 Å². The van der Waals surface area contributed by atoms with Crippen LogP contribution in [0.15, 0.2) is 72.8 Å². The standard InChI is InChI=1S/C15H15NO4.C14H13NO5.C8H5NO2/c1-9-7-18-14-12(8-19-13(9)14)20-15(17)11-4-2-10(6-16)3-5-11;15-5-8-1-3-9(4-2-8)14(17)20-11-7-19-12-10(16)6-18-13(11)12;1-9-7-4-2-6(3-5-7)8(10)11/h2-5,9,12-14H,7-8H2,1H3;1-4,10-13,16H,6-7H2;2-5H,(H,10,11)/t9-,12?,13?,14?;;/m0../s1. The number of esters is 2. The molecule has 0 bridgehead atoms. The molecule has 0 saturated carbocycles. The molecule has 4 aliphatic heterocycles. The second-order valence-electron chi connectivity index (χ2n) is 12.0. The van der Waals surface area contributed by atoms with Crippen LogP contribution in [0.4, 0.5) is 5.69 Å². The summed E-state index contributed by atoms with van der Waals surface area (Å²) < 4.78 is 32.8. The lowest BCUT2D eigenvalue weighted by atomic mass is 10.0. The highest BCUT2D eigenvalue weighted by Gasteiger charge is 2.49. The van der Waals surface area contributed by atoms with Gasteiger partial charge in [-0.25, -0.2) is 19.2 Å². The van der Waals surface area contributed by atoms with Crippen LogP contribution in [0.25, 0.3) is 4.85 Å². The lowest BCUT2D eigenvalue weighted by Crippen LogP contribution is -2.34. The minimum absolute atomic E-state index is 0.0220. The van der Waals surface area contributed by atoms with Crippen LogP contribution in [0, 0.1) is 35.2 Å². The van der Waals surface area contributed by atoms with Gasteiger partial charge in [-0.2, -0.15) is 10.5 Å². The van der Waals surface area contributed by atoms with Crippen molar-refractivity contribution in [1.82, 2.24) is 0 Å². The summed E-state index contributed by atoms with van der Waals surface area (Å²) in [7, 11) is 0. The Morgan fingerprint density at radius 1 is 0.686 bits per heavy atom. The molecule has 4 aliphatic rings. The van der Waals surface area contributed by atoms with E-state index in [1.807, 2.05) is 12.1 Å². The maximum Gasteiger partial charge on any atom is 0.338 e. The highest BCUT2D eigenvalue weighted by atomic mass is 16.6. The predicted octanol–water partition coefficient (Wildman–Crippen LogP) is 3.70. The number of nitriles is 2. The first-order chi connectivity index (χ1) is 24.6. The highest BCUT2D eigenvalue weighted by molar-refractivity contribution is 5.90. The molecule has 0 aliphatic carbocycles. The highest BCUT2D eigenvalue weighted by Crippen LogP contribution is 2.33. The van der Waals surface area contributed by atoms with Gasteiger partial charge in [0, 0.05) is 5.92 Å². The number of carbonyl (C=O) groups is 3. The Morgan fingerprint density at radius 2 is 1.12 bits per heavy atom. The summed E-state index contributed by atoms with van der Waals surface area (Å²) >= 11 is 0. The average Bonchev–Trinajstić information content (AvgIpc) is 3.94. The van der Waals surface area contributed by atoms with Crippen molar-refractivity contribution in [2.75, 3.05) is 26.4 Å². The van der Waals surface area contributed by atoms with Crippen LogP contribution < -0.4 is 0 Å². The van der Waals surface area contributed by atoms with Crippen LogP contribution in [0.2, 0.25) is 0 Å². The van der Waals surface area contributed by atoms with Gasteiger partial charge < -0.3 is 38.6 Å². The summed E-state index contributed by atoms with van der Waals surface area (Å²) in [6, 6.07) is 22.3. The maximum atomic E-state index is 12.1. The summed E-state index contributed by atoms with van der Waals surface area (Å²) in [6.07, 6.45) is -2.51. The quantitative estimate of drug-likeness (QED) is 0.290. The number of nitrogens with zero attached hydrogens (tertiary/aromatic N) is 3. The molecule has 51 heavy (non-hydrogen) atoms. The molecule has 4 saturated heterocycles. The van der Waals surface area contributed by atoms with Gasteiger partial charge in [-0.3, -0.25) is 0 Å². The molecule has 14 nitrogen and oxygen atoms in total. The third-order valence-electron chi connectivity index (χ3n) is 8.50. The summed E-state index contributed by atoms with van der Waals surface area (Å²) in [5, 5.41) is 35.5. The number of carboxylic acids is 1. The van der Waals surface area contributed by atoms with Gasteiger partial charge in [0.25, 0.3) is 0 Å². The van der Waals surface area contributed by atoms with E-state index in [9.17, 15) is 19.5 Å². The number of aliphatic hydroxyl groups excluding tert-OH is 1. The van der Waals surface area contributed by atoms with E-state index in [4.69, 9.17) is 50.6 Å². The van der Waals surface area contributed by atoms with Crippen molar-refractivity contribution in [2.45, 2.75) is 49.7 Å². The molecule has 2 N–H and O–H groups in total. The first-order valence-electron chi connectivity index (χ1n) is 15.9. The number of hydrogen-bond donors (Lipinski definition) is 2. The molecule has 0 amide bonds. The third-order valence-corrected chi connectivity index (χ3v) is 8.50. The molecule has 3 aromatic carbocycles. The Morgan fingerprint density at radius 3 is 1.59 bits per heavy atom. The number of rotatable bonds is 5. The van der Waals surface area contributed by atoms with Gasteiger partial charge in [-0.05, 0) is 48.5 Å². The van der Waals surface area contributed by atoms with Gasteiger partial charge in [0.15, 0.2) is 17.9 Å². The van der Waals surface area contributed by atoms with Crippen LogP contribution in [-0.2, 0) is 28.4 Å². The molecule has 7 rings (SSSR count). The molecule has 14 heteroatoms. The zero-order valence-electron chi connectivity index (χ0n) is 27.3. The number of benzene rings is 3. The number of hydrogen-bond acceptors (Lipinski definition) is 12. The number of aromatic carboxylic acids is 1. The minimum atomic E-state index is -0.971. The fourth-order valence-corrected chi connectivity index (χ4v) is 5.75. The summed E-state index contributed by atoms with van der Waals surface area (Å²) in [5.41, 5.74) is 2.45. The van der Waals surface area contributed by atoms with Gasteiger partial charge in [-0.15, -0.1) is 0 Å². The molecule has 4 heterocycles. The zero-order chi connectivity index (χ0) is 36.5. The average molecular weight is 696 g/mol. The number of ether oxygens (including phenoxy) is 6. The van der Waals surface area contributed by atoms with Gasteiger partial charge >= 0.3 is 17.9 Å². The minimum Gasteiger partial charge on any atom is -0.478 e. The fraction of sp³-hybridized carbons (Fsp3) is 0.351. The Hall–Kier alpha value is -5.66. The molecular weight excluding hydrogens is 662 g/mol. The number of carbonyl (C=O) groups excluding carboxylic acids is 2. The van der Waals surface area contributed by atoms with Crippen molar-refractivity contribution in [3.8, 4) is 12.1 Å². The lowest BCUT2D eigenvalue weighted by Gasteiger charge is -2.16. The van der Waals surface area contributed by atoms with Gasteiger partial charge in [0.2, 0.25) is 0 Å². The zero-order valence-corrected chi connectivity index (χ0v) is 27.3. The molecular formula is C37H33N3O11. The van der Waals surface area contributed by atoms with Crippen LogP contribution in [-0.4, -0.2) is 97.3 Å². The van der Waals surface area contributed by atoms with E-state index < -0.39 is 42.3 Å². The molecule has 3 aromatic rings. The molecule has 8 atom stereocenters. The van der Waals surface area contributed by atoms with Crippen molar-refractivity contribution in [2.24, 2.45) is 5.92 Å². The molecule has 0 spiro atoms. The second-order valence-corrected chi connectivity index (χ2v) is 12.0. The van der Waals surface area contributed by atoms with Crippen molar-refractivity contribution in [1.29, 1.82) is 10.5 Å². The van der Waals surface area contributed by atoms with Crippen molar-refractivity contribution in [3.63, 3.8) is 0 Å². The Balaban J connectivity index is 0.000000155. The van der Waals surface area contributed by atoms with E-state index in [0.29, 0.717) is 47.1 Å². The van der Waals surface area contributed by atoms with E-state index in [2.05, 4.69) is 11.8 Å².